The molecule has 32 heavy (non-hydrogen) atoms. The van der Waals surface area contributed by atoms with Crippen LogP contribution in [0.2, 0.25) is 0 Å². The Morgan fingerprint density at radius 3 is 2.44 bits per heavy atom. The number of ether oxygens (including phenoxy) is 1. The van der Waals surface area contributed by atoms with Crippen LogP contribution in [0, 0.1) is 18.8 Å². The average Bonchev–Trinajstić information content (AvgIpc) is 3.45. The molecular formula is C24H43N7O. The Hall–Kier alpha value is -1.67. The molecule has 1 N–H and O–H groups in total. The number of aryl methyl sites for hydroxylation is 1. The molecule has 1 aliphatic carbocycles. The molecule has 3 fully saturated rings. The van der Waals surface area contributed by atoms with E-state index in [1.54, 1.807) is 0 Å². The molecule has 2 aliphatic heterocycles. The largest absolute Gasteiger partial charge is 0.376 e. The van der Waals surface area contributed by atoms with E-state index < -0.39 is 0 Å². The highest BCUT2D eigenvalue weighted by Crippen LogP contribution is 2.32. The highest BCUT2D eigenvalue weighted by atomic mass is 16.5. The number of aliphatic imine (C=N–C) groups is 1. The summed E-state index contributed by atoms with van der Waals surface area (Å²) in [5.74, 6) is 4.57. The van der Waals surface area contributed by atoms with Crippen molar-refractivity contribution < 1.29 is 4.74 Å². The molecule has 0 amide bonds. The van der Waals surface area contributed by atoms with Crippen molar-refractivity contribution in [2.45, 2.75) is 78.0 Å². The fraction of sp³-hybridized carbons (Fsp3) is 0.875. The number of nitrogens with zero attached hydrogens (tertiary/aromatic N) is 6. The predicted octanol–water partition coefficient (Wildman–Crippen LogP) is 2.58. The summed E-state index contributed by atoms with van der Waals surface area (Å²) in [6, 6.07) is 0.772. The monoisotopic (exact) mass is 445 g/mol. The van der Waals surface area contributed by atoms with Crippen LogP contribution >= 0.6 is 0 Å². The molecule has 2 saturated heterocycles. The zero-order chi connectivity index (χ0) is 22.5. The van der Waals surface area contributed by atoms with Gasteiger partial charge < -0.3 is 19.5 Å². The third-order valence-corrected chi connectivity index (χ3v) is 7.88. The molecule has 1 unspecified atom stereocenters. The second-order valence-corrected chi connectivity index (χ2v) is 10.2. The van der Waals surface area contributed by atoms with Crippen LogP contribution in [-0.2, 0) is 18.3 Å². The van der Waals surface area contributed by atoms with Gasteiger partial charge in [0.25, 0.3) is 0 Å². The number of hydrogen-bond acceptors (Lipinski definition) is 5. The smallest absolute Gasteiger partial charge is 0.194 e. The van der Waals surface area contributed by atoms with Gasteiger partial charge in [-0.25, -0.2) is 4.99 Å². The van der Waals surface area contributed by atoms with Crippen molar-refractivity contribution in [2.24, 2.45) is 23.9 Å². The molecule has 180 valence electrons. The van der Waals surface area contributed by atoms with E-state index in [0.29, 0.717) is 12.6 Å². The van der Waals surface area contributed by atoms with Gasteiger partial charge in [-0.1, -0.05) is 13.8 Å². The SMILES string of the molecule is Cc1nnc(CN=C(NCC2CCCO2)N2CCN(C3CCC(C(C)C)CC3)CC2)n1C. The van der Waals surface area contributed by atoms with Gasteiger partial charge in [0.2, 0.25) is 0 Å². The Labute approximate surface area is 193 Å². The molecule has 8 heteroatoms. The van der Waals surface area contributed by atoms with Gasteiger partial charge in [-0.15, -0.1) is 10.2 Å². The van der Waals surface area contributed by atoms with Crippen LogP contribution in [0.25, 0.3) is 0 Å². The second-order valence-electron chi connectivity index (χ2n) is 10.2. The van der Waals surface area contributed by atoms with Gasteiger partial charge in [0.05, 0.1) is 6.10 Å². The molecule has 1 aromatic rings. The molecule has 8 nitrogen and oxygen atoms in total. The fourth-order valence-electron chi connectivity index (χ4n) is 5.44. The van der Waals surface area contributed by atoms with E-state index in [1.807, 2.05) is 18.5 Å². The van der Waals surface area contributed by atoms with Crippen LogP contribution in [-0.4, -0.2) is 82.0 Å². The molecule has 0 spiro atoms. The molecule has 3 heterocycles. The summed E-state index contributed by atoms with van der Waals surface area (Å²) < 4.78 is 7.85. The van der Waals surface area contributed by atoms with Gasteiger partial charge >= 0.3 is 0 Å². The molecule has 3 aliphatic rings. The first kappa shape index (κ1) is 23.5. The number of nitrogens with one attached hydrogen (secondary N) is 1. The van der Waals surface area contributed by atoms with Crippen LogP contribution < -0.4 is 5.32 Å². The molecular weight excluding hydrogens is 402 g/mol. The highest BCUT2D eigenvalue weighted by molar-refractivity contribution is 5.80. The minimum Gasteiger partial charge on any atom is -0.376 e. The van der Waals surface area contributed by atoms with Crippen LogP contribution in [0.3, 0.4) is 0 Å². The standard InChI is InChI=1S/C24H43N7O/c1-18(2)20-7-9-21(10-8-20)30-11-13-31(14-12-30)24(25-16-22-6-5-15-32-22)26-17-23-28-27-19(3)29(23)4/h18,20-22H,5-17H2,1-4H3,(H,25,26). The Morgan fingerprint density at radius 2 is 1.84 bits per heavy atom. The van der Waals surface area contributed by atoms with Crippen LogP contribution in [0.1, 0.15) is 64.0 Å². The van der Waals surface area contributed by atoms with Gasteiger partial charge in [-0.2, -0.15) is 0 Å². The van der Waals surface area contributed by atoms with E-state index in [-0.39, 0.29) is 0 Å². The first-order valence-corrected chi connectivity index (χ1v) is 12.7. The summed E-state index contributed by atoms with van der Waals surface area (Å²) in [5, 5.41) is 12.1. The van der Waals surface area contributed by atoms with E-state index in [4.69, 9.17) is 9.73 Å². The minimum absolute atomic E-state index is 0.301. The van der Waals surface area contributed by atoms with Crippen molar-refractivity contribution in [3.63, 3.8) is 0 Å². The maximum atomic E-state index is 5.83. The lowest BCUT2D eigenvalue weighted by molar-refractivity contribution is 0.0850. The normalized spacial score (nSPS) is 28.0. The van der Waals surface area contributed by atoms with Gasteiger partial charge in [0, 0.05) is 52.4 Å². The molecule has 4 rings (SSSR count). The number of aromatic nitrogens is 3. The minimum atomic E-state index is 0.301. The highest BCUT2D eigenvalue weighted by Gasteiger charge is 2.30. The van der Waals surface area contributed by atoms with E-state index in [1.165, 1.54) is 25.7 Å². The maximum Gasteiger partial charge on any atom is 0.194 e. The lowest BCUT2D eigenvalue weighted by Crippen LogP contribution is -2.55. The third-order valence-electron chi connectivity index (χ3n) is 7.88. The molecule has 0 aromatic carbocycles. The lowest BCUT2D eigenvalue weighted by Gasteiger charge is -2.43. The maximum absolute atomic E-state index is 5.83. The Bertz CT molecular complexity index is 740. The summed E-state index contributed by atoms with van der Waals surface area (Å²) in [7, 11) is 2.01. The van der Waals surface area contributed by atoms with Gasteiger partial charge in [0.15, 0.2) is 11.8 Å². The van der Waals surface area contributed by atoms with Crippen molar-refractivity contribution in [3.05, 3.63) is 11.6 Å². The molecule has 0 bridgehead atoms. The first-order chi connectivity index (χ1) is 15.5. The lowest BCUT2D eigenvalue weighted by atomic mass is 9.79. The van der Waals surface area contributed by atoms with Gasteiger partial charge in [-0.3, -0.25) is 4.90 Å². The van der Waals surface area contributed by atoms with Crippen LogP contribution in [0.15, 0.2) is 4.99 Å². The van der Waals surface area contributed by atoms with Gasteiger partial charge in [-0.05, 0) is 57.3 Å². The summed E-state index contributed by atoms with van der Waals surface area (Å²) in [6.07, 6.45) is 8.13. The zero-order valence-corrected chi connectivity index (χ0v) is 20.6. The topological polar surface area (TPSA) is 70.8 Å². The van der Waals surface area contributed by atoms with E-state index in [2.05, 4.69) is 39.2 Å². The van der Waals surface area contributed by atoms with Crippen molar-refractivity contribution >= 4 is 5.96 Å². The molecule has 1 saturated carbocycles. The quantitative estimate of drug-likeness (QED) is 0.536. The summed E-state index contributed by atoms with van der Waals surface area (Å²) in [4.78, 5) is 10.1. The zero-order valence-electron chi connectivity index (χ0n) is 20.6. The van der Waals surface area contributed by atoms with Gasteiger partial charge in [0.1, 0.15) is 12.4 Å². The van der Waals surface area contributed by atoms with E-state index in [9.17, 15) is 0 Å². The van der Waals surface area contributed by atoms with Crippen molar-refractivity contribution in [1.82, 2.24) is 29.9 Å². The number of piperazine rings is 1. The number of guanidine groups is 1. The third kappa shape index (κ3) is 5.81. The van der Waals surface area contributed by atoms with Crippen molar-refractivity contribution in [2.75, 3.05) is 39.3 Å². The second kappa shape index (κ2) is 11.0. The molecule has 1 aromatic heterocycles. The van der Waals surface area contributed by atoms with Crippen LogP contribution in [0.4, 0.5) is 0 Å². The number of hydrogen-bond donors (Lipinski definition) is 1. The first-order valence-electron chi connectivity index (χ1n) is 12.7. The number of rotatable bonds is 6. The van der Waals surface area contributed by atoms with E-state index in [0.717, 1.165) is 87.7 Å². The Morgan fingerprint density at radius 1 is 1.09 bits per heavy atom. The summed E-state index contributed by atoms with van der Waals surface area (Å²) in [5.41, 5.74) is 0. The molecule has 1 atom stereocenters. The Kier molecular flexibility index (Phi) is 8.05. The predicted molar refractivity (Wildman–Crippen MR) is 128 cm³/mol. The van der Waals surface area contributed by atoms with E-state index >= 15 is 0 Å². The van der Waals surface area contributed by atoms with Crippen molar-refractivity contribution in [3.8, 4) is 0 Å². The summed E-state index contributed by atoms with van der Waals surface area (Å²) in [6.45, 7) is 13.3. The summed E-state index contributed by atoms with van der Waals surface area (Å²) >= 11 is 0. The van der Waals surface area contributed by atoms with Crippen molar-refractivity contribution in [1.29, 1.82) is 0 Å². The Balaban J connectivity index is 1.33. The average molecular weight is 446 g/mol. The van der Waals surface area contributed by atoms with Crippen LogP contribution in [0.5, 0.6) is 0 Å². The fourth-order valence-corrected chi connectivity index (χ4v) is 5.44. The molecule has 0 radical (unpaired) electrons.